The van der Waals surface area contributed by atoms with E-state index >= 15 is 0 Å². The predicted octanol–water partition coefficient (Wildman–Crippen LogP) is 6.56. The molecule has 7 heteroatoms. The van der Waals surface area contributed by atoms with Crippen LogP contribution in [0.5, 0.6) is 5.75 Å². The quantitative estimate of drug-likeness (QED) is 0.277. The second-order valence-corrected chi connectivity index (χ2v) is 8.74. The van der Waals surface area contributed by atoms with Crippen molar-refractivity contribution in [1.29, 1.82) is 0 Å². The molecule has 1 unspecified atom stereocenters. The molecule has 0 aliphatic heterocycles. The number of carbonyl (C=O) groups is 2. The molecule has 0 saturated heterocycles. The van der Waals surface area contributed by atoms with Crippen molar-refractivity contribution in [2.24, 2.45) is 0 Å². The molecule has 0 spiro atoms. The Morgan fingerprint density at radius 1 is 0.829 bits per heavy atom. The molecule has 0 aromatic heterocycles. The number of hydrogen-bond donors (Lipinski definition) is 2. The molecule has 0 bridgehead atoms. The number of ether oxygens (including phenoxy) is 1. The average Bonchev–Trinajstić information content (AvgIpc) is 2.88. The van der Waals surface area contributed by atoms with Gasteiger partial charge in [0.1, 0.15) is 16.8 Å². The standard InChI is InChI=1S/C28H23FN2O3S/c1-34-25-17-8-7-16-24(25)31-28(33)26(19-10-3-2-4-11-19)35-21-13-9-12-20(18-21)30-27(32)22-14-5-6-15-23(22)29/h2-18,26H,1H3,(H,30,32)(H,31,33). The van der Waals surface area contributed by atoms with E-state index in [-0.39, 0.29) is 11.5 Å². The van der Waals surface area contributed by atoms with Crippen LogP contribution in [0.2, 0.25) is 0 Å². The van der Waals surface area contributed by atoms with Crippen molar-refractivity contribution in [3.63, 3.8) is 0 Å². The number of nitrogens with one attached hydrogen (secondary N) is 2. The largest absolute Gasteiger partial charge is 0.495 e. The third-order valence-electron chi connectivity index (χ3n) is 5.17. The zero-order valence-electron chi connectivity index (χ0n) is 18.9. The van der Waals surface area contributed by atoms with Gasteiger partial charge in [-0.2, -0.15) is 0 Å². The summed E-state index contributed by atoms with van der Waals surface area (Å²) >= 11 is 1.34. The molecule has 5 nitrogen and oxygen atoms in total. The van der Waals surface area contributed by atoms with Crippen LogP contribution in [0, 0.1) is 5.82 Å². The predicted molar refractivity (Wildman–Crippen MR) is 137 cm³/mol. The van der Waals surface area contributed by atoms with E-state index in [1.54, 1.807) is 43.5 Å². The minimum atomic E-state index is -0.590. The maximum Gasteiger partial charge on any atom is 0.258 e. The molecule has 0 saturated carbocycles. The van der Waals surface area contributed by atoms with Crippen LogP contribution in [-0.4, -0.2) is 18.9 Å². The van der Waals surface area contributed by atoms with Crippen molar-refractivity contribution >= 4 is 35.0 Å². The van der Waals surface area contributed by atoms with Crippen LogP contribution in [0.4, 0.5) is 15.8 Å². The minimum absolute atomic E-state index is 0.0381. The minimum Gasteiger partial charge on any atom is -0.495 e. The lowest BCUT2D eigenvalue weighted by atomic mass is 10.1. The van der Waals surface area contributed by atoms with E-state index in [0.29, 0.717) is 17.1 Å². The van der Waals surface area contributed by atoms with E-state index < -0.39 is 17.0 Å². The highest BCUT2D eigenvalue weighted by molar-refractivity contribution is 8.00. The molecule has 0 fully saturated rings. The van der Waals surface area contributed by atoms with Crippen molar-refractivity contribution in [2.75, 3.05) is 17.7 Å². The second-order valence-electron chi connectivity index (χ2n) is 7.56. The maximum atomic E-state index is 14.0. The highest BCUT2D eigenvalue weighted by atomic mass is 32.2. The lowest BCUT2D eigenvalue weighted by Crippen LogP contribution is -2.19. The highest BCUT2D eigenvalue weighted by Crippen LogP contribution is 2.38. The van der Waals surface area contributed by atoms with Gasteiger partial charge in [0, 0.05) is 10.6 Å². The second kappa shape index (κ2) is 11.4. The molecule has 4 aromatic carbocycles. The Labute approximate surface area is 207 Å². The fourth-order valence-electron chi connectivity index (χ4n) is 3.47. The first-order chi connectivity index (χ1) is 17.0. The molecule has 2 N–H and O–H groups in total. The fraction of sp³-hybridized carbons (Fsp3) is 0.0714. The summed E-state index contributed by atoms with van der Waals surface area (Å²) in [7, 11) is 1.55. The number of benzene rings is 4. The van der Waals surface area contributed by atoms with E-state index in [4.69, 9.17) is 4.74 Å². The summed E-state index contributed by atoms with van der Waals surface area (Å²) in [6, 6.07) is 29.6. The number of anilines is 2. The molecule has 0 radical (unpaired) electrons. The number of amides is 2. The van der Waals surface area contributed by atoms with Crippen molar-refractivity contribution in [1.82, 2.24) is 0 Å². The monoisotopic (exact) mass is 486 g/mol. The Bertz CT molecular complexity index is 1330. The van der Waals surface area contributed by atoms with Crippen molar-refractivity contribution in [2.45, 2.75) is 10.1 Å². The Hall–Kier alpha value is -4.10. The van der Waals surface area contributed by atoms with Gasteiger partial charge in [0.2, 0.25) is 5.91 Å². The fourth-order valence-corrected chi connectivity index (χ4v) is 4.56. The zero-order valence-corrected chi connectivity index (χ0v) is 19.7. The molecule has 2 amide bonds. The van der Waals surface area contributed by atoms with Crippen molar-refractivity contribution < 1.29 is 18.7 Å². The van der Waals surface area contributed by atoms with Gasteiger partial charge in [0.05, 0.1) is 18.4 Å². The molecule has 4 rings (SSSR count). The molecular weight excluding hydrogens is 463 g/mol. The molecule has 176 valence electrons. The van der Waals surface area contributed by atoms with Crippen molar-refractivity contribution in [3.8, 4) is 5.75 Å². The summed E-state index contributed by atoms with van der Waals surface area (Å²) in [5, 5.41) is 5.12. The Morgan fingerprint density at radius 2 is 1.54 bits per heavy atom. The number of hydrogen-bond acceptors (Lipinski definition) is 4. The number of halogens is 1. The van der Waals surface area contributed by atoms with E-state index in [1.807, 2.05) is 48.5 Å². The summed E-state index contributed by atoms with van der Waals surface area (Å²) in [6.45, 7) is 0. The van der Waals surface area contributed by atoms with Crippen LogP contribution in [0.3, 0.4) is 0 Å². The van der Waals surface area contributed by atoms with Crippen LogP contribution in [-0.2, 0) is 4.79 Å². The first kappa shape index (κ1) is 24.0. The average molecular weight is 487 g/mol. The van der Waals surface area contributed by atoms with Gasteiger partial charge < -0.3 is 15.4 Å². The number of para-hydroxylation sites is 2. The van der Waals surface area contributed by atoms with Gasteiger partial charge in [-0.05, 0) is 48.0 Å². The van der Waals surface area contributed by atoms with Gasteiger partial charge in [-0.25, -0.2) is 4.39 Å². The summed E-state index contributed by atoms with van der Waals surface area (Å²) in [5.74, 6) is -0.784. The SMILES string of the molecule is COc1ccccc1NC(=O)C(Sc1cccc(NC(=O)c2ccccc2F)c1)c1ccccc1. The number of methoxy groups -OCH3 is 1. The lowest BCUT2D eigenvalue weighted by Gasteiger charge is -2.18. The van der Waals surface area contributed by atoms with E-state index in [9.17, 15) is 14.0 Å². The van der Waals surface area contributed by atoms with E-state index in [0.717, 1.165) is 10.5 Å². The summed E-state index contributed by atoms with van der Waals surface area (Å²) in [4.78, 5) is 26.7. The molecule has 4 aromatic rings. The molecule has 35 heavy (non-hydrogen) atoms. The van der Waals surface area contributed by atoms with Gasteiger partial charge in [0.15, 0.2) is 0 Å². The topological polar surface area (TPSA) is 67.4 Å². The Balaban J connectivity index is 1.56. The molecular formula is C28H23FN2O3S. The normalized spacial score (nSPS) is 11.4. The molecule has 0 aliphatic rings. The van der Waals surface area contributed by atoms with Crippen LogP contribution in [0.1, 0.15) is 21.2 Å². The van der Waals surface area contributed by atoms with Crippen LogP contribution >= 0.6 is 11.8 Å². The highest BCUT2D eigenvalue weighted by Gasteiger charge is 2.23. The Kier molecular flexibility index (Phi) is 7.80. The number of carbonyl (C=O) groups excluding carboxylic acids is 2. The van der Waals surface area contributed by atoms with Gasteiger partial charge >= 0.3 is 0 Å². The smallest absolute Gasteiger partial charge is 0.258 e. The first-order valence-electron chi connectivity index (χ1n) is 10.9. The maximum absolute atomic E-state index is 14.0. The van der Waals surface area contributed by atoms with Gasteiger partial charge in [-0.3, -0.25) is 9.59 Å². The van der Waals surface area contributed by atoms with Gasteiger partial charge in [-0.1, -0.05) is 60.7 Å². The van der Waals surface area contributed by atoms with Gasteiger partial charge in [-0.15, -0.1) is 11.8 Å². The van der Waals surface area contributed by atoms with Crippen LogP contribution in [0.15, 0.2) is 108 Å². The third kappa shape index (κ3) is 6.07. The Morgan fingerprint density at radius 3 is 2.31 bits per heavy atom. The summed E-state index contributed by atoms with van der Waals surface area (Å²) in [6.07, 6.45) is 0. The van der Waals surface area contributed by atoms with E-state index in [2.05, 4.69) is 10.6 Å². The first-order valence-corrected chi connectivity index (χ1v) is 11.7. The van der Waals surface area contributed by atoms with Gasteiger partial charge in [0.25, 0.3) is 5.91 Å². The van der Waals surface area contributed by atoms with Crippen LogP contribution in [0.25, 0.3) is 0 Å². The number of rotatable bonds is 8. The third-order valence-corrected chi connectivity index (χ3v) is 6.42. The van der Waals surface area contributed by atoms with E-state index in [1.165, 1.54) is 30.0 Å². The summed E-state index contributed by atoms with van der Waals surface area (Å²) in [5.41, 5.74) is 1.86. The number of thioether (sulfide) groups is 1. The van der Waals surface area contributed by atoms with Crippen molar-refractivity contribution in [3.05, 3.63) is 120 Å². The molecule has 0 aliphatic carbocycles. The molecule has 1 atom stereocenters. The zero-order chi connectivity index (χ0) is 24.6. The summed E-state index contributed by atoms with van der Waals surface area (Å²) < 4.78 is 19.3. The molecule has 0 heterocycles. The lowest BCUT2D eigenvalue weighted by molar-refractivity contribution is -0.115. The van der Waals surface area contributed by atoms with Crippen LogP contribution < -0.4 is 15.4 Å².